The van der Waals surface area contributed by atoms with Crippen LogP contribution in [0.4, 0.5) is 0 Å². The summed E-state index contributed by atoms with van der Waals surface area (Å²) < 4.78 is 14.6. The molecule has 1 fully saturated rings. The van der Waals surface area contributed by atoms with Crippen LogP contribution in [-0.2, 0) is 11.8 Å². The summed E-state index contributed by atoms with van der Waals surface area (Å²) in [7, 11) is 2.14. The average Bonchev–Trinajstić information content (AvgIpc) is 2.85. The number of ether oxygens (including phenoxy) is 2. The van der Waals surface area contributed by atoms with Gasteiger partial charge in [0, 0.05) is 24.7 Å². The maximum absolute atomic E-state index is 6.71. The third-order valence-corrected chi connectivity index (χ3v) is 7.67. The summed E-state index contributed by atoms with van der Waals surface area (Å²) in [4.78, 5) is 0. The van der Waals surface area contributed by atoms with E-state index in [1.807, 2.05) is 0 Å². The molecule has 1 saturated heterocycles. The SMILES string of the molecule is Cc1c2c(cc3ccccc13)Oc1cc3c(C4CCOCC4)cccc3c3cc[n+](C)c-2c13. The smallest absolute Gasteiger partial charge is 0.228 e. The largest absolute Gasteiger partial charge is 0.456 e. The molecule has 0 aliphatic carbocycles. The Morgan fingerprint density at radius 2 is 1.64 bits per heavy atom. The molecule has 0 amide bonds. The molecule has 7 rings (SSSR count). The number of aromatic nitrogens is 1. The average molecular weight is 433 g/mol. The highest BCUT2D eigenvalue weighted by Gasteiger charge is 2.31. The van der Waals surface area contributed by atoms with Crippen LogP contribution in [0.15, 0.2) is 66.9 Å². The third kappa shape index (κ3) is 2.69. The van der Waals surface area contributed by atoms with Crippen molar-refractivity contribution in [2.24, 2.45) is 7.05 Å². The van der Waals surface area contributed by atoms with E-state index in [-0.39, 0.29) is 0 Å². The number of hydrogen-bond acceptors (Lipinski definition) is 2. The predicted molar refractivity (Wildman–Crippen MR) is 133 cm³/mol. The van der Waals surface area contributed by atoms with Crippen LogP contribution in [0.5, 0.6) is 11.5 Å². The second-order valence-electron chi connectivity index (χ2n) is 9.47. The van der Waals surface area contributed by atoms with Crippen molar-refractivity contribution in [1.82, 2.24) is 0 Å². The van der Waals surface area contributed by atoms with Crippen LogP contribution in [0.2, 0.25) is 0 Å². The van der Waals surface area contributed by atoms with Gasteiger partial charge in [0.25, 0.3) is 0 Å². The van der Waals surface area contributed by atoms with Crippen LogP contribution in [0.1, 0.15) is 29.9 Å². The maximum Gasteiger partial charge on any atom is 0.228 e. The van der Waals surface area contributed by atoms with Gasteiger partial charge in [-0.15, -0.1) is 0 Å². The van der Waals surface area contributed by atoms with Crippen LogP contribution in [-0.4, -0.2) is 13.2 Å². The van der Waals surface area contributed by atoms with Crippen LogP contribution in [0.25, 0.3) is 43.6 Å². The van der Waals surface area contributed by atoms with Gasteiger partial charge in [-0.1, -0.05) is 42.5 Å². The summed E-state index contributed by atoms with van der Waals surface area (Å²) in [6.07, 6.45) is 4.36. The first kappa shape index (κ1) is 19.1. The van der Waals surface area contributed by atoms with Crippen LogP contribution >= 0.6 is 0 Å². The maximum atomic E-state index is 6.71. The summed E-state index contributed by atoms with van der Waals surface area (Å²) in [5.74, 6) is 2.45. The van der Waals surface area contributed by atoms with Gasteiger partial charge < -0.3 is 9.47 Å². The monoisotopic (exact) mass is 432 g/mol. The first-order valence-corrected chi connectivity index (χ1v) is 11.9. The Morgan fingerprint density at radius 1 is 0.818 bits per heavy atom. The Balaban J connectivity index is 1.58. The fourth-order valence-corrected chi connectivity index (χ4v) is 6.04. The van der Waals surface area contributed by atoms with Crippen molar-refractivity contribution in [3.05, 3.63) is 78.0 Å². The van der Waals surface area contributed by atoms with E-state index in [2.05, 4.69) is 85.4 Å². The normalized spacial score (nSPS) is 15.7. The van der Waals surface area contributed by atoms with E-state index in [1.165, 1.54) is 54.7 Å². The molecule has 0 N–H and O–H groups in total. The molecule has 0 spiro atoms. The summed E-state index contributed by atoms with van der Waals surface area (Å²) in [5, 5.41) is 7.60. The van der Waals surface area contributed by atoms with E-state index in [0.717, 1.165) is 37.6 Å². The summed E-state index contributed by atoms with van der Waals surface area (Å²) in [6, 6.07) is 22.1. The quantitative estimate of drug-likeness (QED) is 0.207. The molecule has 2 aliphatic rings. The summed E-state index contributed by atoms with van der Waals surface area (Å²) in [6.45, 7) is 3.91. The minimum atomic E-state index is 0.536. The Kier molecular flexibility index (Phi) is 4.07. The lowest BCUT2D eigenvalue weighted by molar-refractivity contribution is -0.659. The van der Waals surface area contributed by atoms with Crippen LogP contribution in [0.3, 0.4) is 0 Å². The zero-order valence-corrected chi connectivity index (χ0v) is 19.0. The van der Waals surface area contributed by atoms with E-state index < -0.39 is 0 Å². The minimum absolute atomic E-state index is 0.536. The van der Waals surface area contributed by atoms with Gasteiger partial charge in [0.2, 0.25) is 5.69 Å². The summed E-state index contributed by atoms with van der Waals surface area (Å²) in [5.41, 5.74) is 5.14. The van der Waals surface area contributed by atoms with Crippen molar-refractivity contribution in [2.75, 3.05) is 13.2 Å². The topological polar surface area (TPSA) is 22.3 Å². The van der Waals surface area contributed by atoms with Crippen molar-refractivity contribution in [2.45, 2.75) is 25.7 Å². The zero-order valence-electron chi connectivity index (χ0n) is 19.0. The van der Waals surface area contributed by atoms with E-state index in [1.54, 1.807) is 0 Å². The van der Waals surface area contributed by atoms with Gasteiger partial charge in [-0.25, -0.2) is 4.57 Å². The Morgan fingerprint density at radius 3 is 2.52 bits per heavy atom. The van der Waals surface area contributed by atoms with Gasteiger partial charge in [-0.05, 0) is 70.5 Å². The molecule has 162 valence electrons. The highest BCUT2D eigenvalue weighted by atomic mass is 16.5. The van der Waals surface area contributed by atoms with Gasteiger partial charge in [-0.2, -0.15) is 0 Å². The van der Waals surface area contributed by atoms with Crippen molar-refractivity contribution in [3.8, 4) is 22.8 Å². The first-order valence-electron chi connectivity index (χ1n) is 11.9. The number of pyridine rings is 1. The van der Waals surface area contributed by atoms with E-state index >= 15 is 0 Å². The molecule has 0 bridgehead atoms. The third-order valence-electron chi connectivity index (χ3n) is 7.67. The fraction of sp³-hybridized carbons (Fsp3) is 0.233. The zero-order chi connectivity index (χ0) is 22.1. The Labute approximate surface area is 193 Å². The molecule has 5 aromatic rings. The fourth-order valence-electron chi connectivity index (χ4n) is 6.04. The van der Waals surface area contributed by atoms with E-state index in [0.29, 0.717) is 5.92 Å². The van der Waals surface area contributed by atoms with Gasteiger partial charge in [0.15, 0.2) is 6.20 Å². The van der Waals surface area contributed by atoms with Crippen molar-refractivity contribution < 1.29 is 14.0 Å². The number of fused-ring (bicyclic) bond motifs is 5. The van der Waals surface area contributed by atoms with Crippen LogP contribution in [0, 0.1) is 6.92 Å². The molecular weight excluding hydrogens is 406 g/mol. The number of rotatable bonds is 1. The highest BCUT2D eigenvalue weighted by Crippen LogP contribution is 2.50. The lowest BCUT2D eigenvalue weighted by Gasteiger charge is -2.26. The molecule has 0 radical (unpaired) electrons. The first-order chi connectivity index (χ1) is 16.2. The molecule has 4 aromatic carbocycles. The van der Waals surface area contributed by atoms with Crippen molar-refractivity contribution >= 4 is 32.3 Å². The minimum Gasteiger partial charge on any atom is -0.456 e. The summed E-state index contributed by atoms with van der Waals surface area (Å²) >= 11 is 0. The molecule has 2 aliphatic heterocycles. The number of hydrogen-bond donors (Lipinski definition) is 0. The molecule has 3 nitrogen and oxygen atoms in total. The van der Waals surface area contributed by atoms with Gasteiger partial charge >= 0.3 is 0 Å². The number of benzene rings is 4. The standard InChI is InChI=1S/C30H26NO2/c1-18-21-7-4-3-6-20(21)16-26-28(18)30-29-24(10-13-31(30)2)23-9-5-8-22(19-11-14-32-15-12-19)25(23)17-27(29)33-26/h3-10,13,16-17,19H,11-12,14-15H2,1-2H3/q+1. The van der Waals surface area contributed by atoms with Gasteiger partial charge in [0.05, 0.1) is 10.9 Å². The second-order valence-corrected chi connectivity index (χ2v) is 9.47. The molecule has 0 saturated carbocycles. The number of aryl methyl sites for hydroxylation is 2. The van der Waals surface area contributed by atoms with E-state index in [4.69, 9.17) is 9.47 Å². The lowest BCUT2D eigenvalue weighted by atomic mass is 9.85. The second kappa shape index (κ2) is 7.03. The molecule has 3 heteroatoms. The van der Waals surface area contributed by atoms with Gasteiger partial charge in [0.1, 0.15) is 18.5 Å². The Bertz CT molecular complexity index is 1590. The highest BCUT2D eigenvalue weighted by molar-refractivity contribution is 6.16. The predicted octanol–water partition coefficient (Wildman–Crippen LogP) is 6.95. The lowest BCUT2D eigenvalue weighted by Crippen LogP contribution is -2.31. The molecule has 0 unspecified atom stereocenters. The molecule has 0 atom stereocenters. The van der Waals surface area contributed by atoms with Crippen molar-refractivity contribution in [3.63, 3.8) is 0 Å². The molecule has 33 heavy (non-hydrogen) atoms. The molecular formula is C30H26NO2+. The van der Waals surface area contributed by atoms with E-state index in [9.17, 15) is 0 Å². The Hall–Kier alpha value is -3.43. The number of nitrogens with zero attached hydrogens (tertiary/aromatic N) is 1. The molecule has 1 aromatic heterocycles. The van der Waals surface area contributed by atoms with Gasteiger partial charge in [-0.3, -0.25) is 0 Å². The van der Waals surface area contributed by atoms with Crippen LogP contribution < -0.4 is 9.30 Å². The van der Waals surface area contributed by atoms with Crippen molar-refractivity contribution in [1.29, 1.82) is 0 Å². The molecule has 3 heterocycles.